The van der Waals surface area contributed by atoms with E-state index in [2.05, 4.69) is 10.2 Å². The highest BCUT2D eigenvalue weighted by atomic mass is 16.7. The van der Waals surface area contributed by atoms with Gasteiger partial charge >= 0.3 is 12.0 Å². The second-order valence-electron chi connectivity index (χ2n) is 3.65. The molecule has 102 valence electrons. The maximum absolute atomic E-state index is 11.2. The van der Waals surface area contributed by atoms with Gasteiger partial charge in [-0.05, 0) is 17.7 Å². The van der Waals surface area contributed by atoms with Crippen LogP contribution >= 0.6 is 0 Å². The first-order valence-corrected chi connectivity index (χ1v) is 5.41. The van der Waals surface area contributed by atoms with Crippen LogP contribution in [0.4, 0.5) is 4.79 Å². The van der Waals surface area contributed by atoms with Crippen LogP contribution in [0.3, 0.4) is 0 Å². The van der Waals surface area contributed by atoms with Gasteiger partial charge in [0.2, 0.25) is 6.79 Å². The Bertz CT molecular complexity index is 490. The molecule has 0 saturated heterocycles. The van der Waals surface area contributed by atoms with Crippen LogP contribution < -0.4 is 20.3 Å². The Morgan fingerprint density at radius 2 is 2.11 bits per heavy atom. The van der Waals surface area contributed by atoms with Crippen molar-refractivity contribution >= 4 is 12.0 Å². The predicted octanol–water partition coefficient (Wildman–Crippen LogP) is 0.231. The van der Waals surface area contributed by atoms with E-state index in [1.165, 1.54) is 0 Å². The first-order chi connectivity index (χ1) is 9.15. The molecule has 0 atom stereocenters. The molecule has 1 aliphatic rings. The molecule has 0 saturated carbocycles. The van der Waals surface area contributed by atoms with Crippen molar-refractivity contribution in [3.05, 3.63) is 23.8 Å². The number of carboxylic acid groups (broad SMARTS) is 1. The van der Waals surface area contributed by atoms with Crippen molar-refractivity contribution in [2.24, 2.45) is 0 Å². The molecule has 8 heteroatoms. The number of fused-ring (bicyclic) bond motifs is 1. The van der Waals surface area contributed by atoms with Gasteiger partial charge in [-0.3, -0.25) is 4.84 Å². The smallest absolute Gasteiger partial charge is 0.338 e. The molecule has 0 bridgehead atoms. The standard InChI is InChI=1S/C11H12N2O6/c14-10(15)5-19-13-11(16)12-4-7-1-2-8-9(3-7)18-6-17-8/h1-3H,4-6H2,(H,14,15)(H2,12,13,16). The monoisotopic (exact) mass is 268 g/mol. The van der Waals surface area contributed by atoms with E-state index in [0.717, 1.165) is 5.56 Å². The predicted molar refractivity (Wildman–Crippen MR) is 61.5 cm³/mol. The molecule has 2 rings (SSSR count). The van der Waals surface area contributed by atoms with Crippen molar-refractivity contribution in [1.82, 2.24) is 10.8 Å². The number of benzene rings is 1. The number of hydroxylamine groups is 1. The molecule has 1 aromatic rings. The third-order valence-electron chi connectivity index (χ3n) is 2.25. The second kappa shape index (κ2) is 5.91. The second-order valence-corrected chi connectivity index (χ2v) is 3.65. The normalized spacial score (nSPS) is 12.0. The summed E-state index contributed by atoms with van der Waals surface area (Å²) >= 11 is 0. The van der Waals surface area contributed by atoms with Gasteiger partial charge in [-0.2, -0.15) is 0 Å². The van der Waals surface area contributed by atoms with Crippen molar-refractivity contribution in [3.63, 3.8) is 0 Å². The lowest BCUT2D eigenvalue weighted by molar-refractivity contribution is -0.144. The van der Waals surface area contributed by atoms with Gasteiger partial charge in [-0.1, -0.05) is 6.07 Å². The topological polar surface area (TPSA) is 106 Å². The lowest BCUT2D eigenvalue weighted by Gasteiger charge is -2.07. The number of aliphatic carboxylic acids is 1. The summed E-state index contributed by atoms with van der Waals surface area (Å²) in [5.41, 5.74) is 2.77. The molecule has 0 fully saturated rings. The Labute approximate surface area is 108 Å². The van der Waals surface area contributed by atoms with Crippen LogP contribution in [-0.2, 0) is 16.2 Å². The third-order valence-corrected chi connectivity index (χ3v) is 2.25. The zero-order valence-electron chi connectivity index (χ0n) is 9.84. The fourth-order valence-corrected chi connectivity index (χ4v) is 1.43. The van der Waals surface area contributed by atoms with Gasteiger partial charge < -0.3 is 19.9 Å². The molecular weight excluding hydrogens is 256 g/mol. The van der Waals surface area contributed by atoms with Crippen LogP contribution in [0.2, 0.25) is 0 Å². The molecule has 0 unspecified atom stereocenters. The van der Waals surface area contributed by atoms with Crippen molar-refractivity contribution in [3.8, 4) is 11.5 Å². The average Bonchev–Trinajstić information content (AvgIpc) is 2.83. The van der Waals surface area contributed by atoms with E-state index in [-0.39, 0.29) is 13.3 Å². The highest BCUT2D eigenvalue weighted by molar-refractivity contribution is 5.73. The quantitative estimate of drug-likeness (QED) is 0.660. The Morgan fingerprint density at radius 1 is 1.32 bits per heavy atom. The van der Waals surface area contributed by atoms with E-state index in [1.54, 1.807) is 18.2 Å². The largest absolute Gasteiger partial charge is 0.479 e. The fraction of sp³-hybridized carbons (Fsp3) is 0.273. The molecule has 0 aromatic heterocycles. The van der Waals surface area contributed by atoms with Crippen molar-refractivity contribution in [2.45, 2.75) is 6.54 Å². The summed E-state index contributed by atoms with van der Waals surface area (Å²) in [4.78, 5) is 25.8. The summed E-state index contributed by atoms with van der Waals surface area (Å²) < 4.78 is 10.4. The number of rotatable bonds is 5. The van der Waals surface area contributed by atoms with E-state index in [1.807, 2.05) is 5.48 Å². The van der Waals surface area contributed by atoms with E-state index in [0.29, 0.717) is 11.5 Å². The van der Waals surface area contributed by atoms with Gasteiger partial charge in [-0.15, -0.1) is 0 Å². The summed E-state index contributed by atoms with van der Waals surface area (Å²) in [6, 6.07) is 4.66. The zero-order valence-corrected chi connectivity index (χ0v) is 9.84. The Morgan fingerprint density at radius 3 is 2.89 bits per heavy atom. The van der Waals surface area contributed by atoms with Gasteiger partial charge in [0.25, 0.3) is 0 Å². The SMILES string of the molecule is O=C(O)CONC(=O)NCc1ccc2c(c1)OCO2. The molecule has 0 aliphatic carbocycles. The van der Waals surface area contributed by atoms with Crippen LogP contribution in [0, 0.1) is 0 Å². The molecule has 2 amide bonds. The summed E-state index contributed by atoms with van der Waals surface area (Å²) in [6.07, 6.45) is 0. The molecule has 8 nitrogen and oxygen atoms in total. The van der Waals surface area contributed by atoms with Gasteiger partial charge in [-0.25, -0.2) is 15.1 Å². The molecule has 1 aromatic carbocycles. The minimum Gasteiger partial charge on any atom is -0.479 e. The van der Waals surface area contributed by atoms with Crippen molar-refractivity contribution in [1.29, 1.82) is 0 Å². The van der Waals surface area contributed by atoms with E-state index in [9.17, 15) is 9.59 Å². The molecule has 0 radical (unpaired) electrons. The van der Waals surface area contributed by atoms with E-state index >= 15 is 0 Å². The summed E-state index contributed by atoms with van der Waals surface area (Å²) in [5, 5.41) is 10.8. The van der Waals surface area contributed by atoms with Gasteiger partial charge in [0, 0.05) is 6.54 Å². The number of urea groups is 1. The first-order valence-electron chi connectivity index (χ1n) is 5.41. The lowest BCUT2D eigenvalue weighted by atomic mass is 10.2. The van der Waals surface area contributed by atoms with Crippen molar-refractivity contribution < 1.29 is 29.0 Å². The van der Waals surface area contributed by atoms with E-state index in [4.69, 9.17) is 14.6 Å². The molecule has 0 spiro atoms. The molecular formula is C11H12N2O6. The number of hydrogen-bond acceptors (Lipinski definition) is 5. The Balaban J connectivity index is 1.76. The molecule has 1 heterocycles. The van der Waals surface area contributed by atoms with Crippen LogP contribution in [0.25, 0.3) is 0 Å². The minimum absolute atomic E-state index is 0.190. The molecule has 19 heavy (non-hydrogen) atoms. The highest BCUT2D eigenvalue weighted by Gasteiger charge is 2.13. The minimum atomic E-state index is -1.17. The van der Waals surface area contributed by atoms with Gasteiger partial charge in [0.05, 0.1) is 0 Å². The first kappa shape index (κ1) is 13.0. The highest BCUT2D eigenvalue weighted by Crippen LogP contribution is 2.32. The van der Waals surface area contributed by atoms with Crippen LogP contribution in [-0.4, -0.2) is 30.5 Å². The number of hydrogen-bond donors (Lipinski definition) is 3. The maximum Gasteiger partial charge on any atom is 0.338 e. The lowest BCUT2D eigenvalue weighted by Crippen LogP contribution is -2.36. The average molecular weight is 268 g/mol. The molecule has 1 aliphatic heterocycles. The summed E-state index contributed by atoms with van der Waals surface area (Å²) in [7, 11) is 0. The third kappa shape index (κ3) is 3.75. The number of carbonyl (C=O) groups is 2. The number of amides is 2. The zero-order chi connectivity index (χ0) is 13.7. The number of ether oxygens (including phenoxy) is 2. The fourth-order valence-electron chi connectivity index (χ4n) is 1.43. The van der Waals surface area contributed by atoms with Gasteiger partial charge in [0.1, 0.15) is 0 Å². The Kier molecular flexibility index (Phi) is 4.04. The molecule has 3 N–H and O–H groups in total. The summed E-state index contributed by atoms with van der Waals surface area (Å²) in [6.45, 7) is -0.161. The number of carbonyl (C=O) groups excluding carboxylic acids is 1. The van der Waals surface area contributed by atoms with E-state index < -0.39 is 18.6 Å². The van der Waals surface area contributed by atoms with Crippen LogP contribution in [0.5, 0.6) is 11.5 Å². The Hall–Kier alpha value is -2.48. The summed E-state index contributed by atoms with van der Waals surface area (Å²) in [5.74, 6) is 0.121. The van der Waals surface area contributed by atoms with Gasteiger partial charge in [0.15, 0.2) is 18.1 Å². The van der Waals surface area contributed by atoms with Crippen LogP contribution in [0.15, 0.2) is 18.2 Å². The maximum atomic E-state index is 11.2. The number of nitrogens with one attached hydrogen (secondary N) is 2. The van der Waals surface area contributed by atoms with Crippen LogP contribution in [0.1, 0.15) is 5.56 Å². The number of carboxylic acids is 1. The van der Waals surface area contributed by atoms with Crippen molar-refractivity contribution in [2.75, 3.05) is 13.4 Å².